The summed E-state index contributed by atoms with van der Waals surface area (Å²) < 4.78 is 4.85. The fourth-order valence-electron chi connectivity index (χ4n) is 1.76. The van der Waals surface area contributed by atoms with Gasteiger partial charge >= 0.3 is 12.0 Å². The highest BCUT2D eigenvalue weighted by Crippen LogP contribution is 2.07. The normalized spacial score (nSPS) is 11.8. The number of nitrogens with one attached hydrogen (secondary N) is 1. The maximum atomic E-state index is 12.4. The number of carbonyl (C=O) groups is 3. The summed E-state index contributed by atoms with van der Waals surface area (Å²) in [6.07, 6.45) is 0.701. The van der Waals surface area contributed by atoms with Gasteiger partial charge in [0.1, 0.15) is 12.6 Å². The van der Waals surface area contributed by atoms with Gasteiger partial charge in [-0.15, -0.1) is 0 Å². The second-order valence-corrected chi connectivity index (χ2v) is 4.80. The summed E-state index contributed by atoms with van der Waals surface area (Å²) >= 11 is 0. The van der Waals surface area contributed by atoms with E-state index in [1.165, 1.54) is 4.90 Å². The van der Waals surface area contributed by atoms with Crippen molar-refractivity contribution in [3.63, 3.8) is 0 Å². The lowest BCUT2D eigenvalue weighted by Gasteiger charge is -2.28. The van der Waals surface area contributed by atoms with Crippen LogP contribution >= 0.6 is 0 Å². The van der Waals surface area contributed by atoms with E-state index in [-0.39, 0.29) is 25.0 Å². The van der Waals surface area contributed by atoms with Gasteiger partial charge in [-0.1, -0.05) is 20.8 Å². The molecule has 0 aliphatic rings. The fourth-order valence-corrected chi connectivity index (χ4v) is 1.76. The molecule has 0 saturated heterocycles. The van der Waals surface area contributed by atoms with Crippen LogP contribution in [0.4, 0.5) is 4.79 Å². The van der Waals surface area contributed by atoms with Gasteiger partial charge in [0.15, 0.2) is 0 Å². The van der Waals surface area contributed by atoms with Crippen LogP contribution in [0.25, 0.3) is 0 Å². The predicted octanol–water partition coefficient (Wildman–Crippen LogP) is 0.481. The van der Waals surface area contributed by atoms with E-state index in [0.717, 1.165) is 0 Å². The summed E-state index contributed by atoms with van der Waals surface area (Å²) in [5.74, 6) is -0.916. The van der Waals surface area contributed by atoms with Gasteiger partial charge in [-0.3, -0.25) is 9.59 Å². The van der Waals surface area contributed by atoms with Crippen LogP contribution < -0.4 is 11.1 Å². The Bertz CT molecular complexity index is 345. The van der Waals surface area contributed by atoms with E-state index in [1.54, 1.807) is 20.8 Å². The van der Waals surface area contributed by atoms with Crippen LogP contribution in [0.3, 0.4) is 0 Å². The van der Waals surface area contributed by atoms with Gasteiger partial charge in [0, 0.05) is 6.54 Å². The molecule has 0 saturated carbocycles. The molecule has 0 fully saturated rings. The lowest BCUT2D eigenvalue weighted by molar-refractivity contribution is -0.149. The van der Waals surface area contributed by atoms with Crippen molar-refractivity contribution in [2.24, 2.45) is 11.7 Å². The van der Waals surface area contributed by atoms with Crippen molar-refractivity contribution < 1.29 is 19.1 Å². The van der Waals surface area contributed by atoms with Crippen molar-refractivity contribution in [3.8, 4) is 0 Å². The zero-order valence-electron chi connectivity index (χ0n) is 12.6. The first-order valence-corrected chi connectivity index (χ1v) is 6.83. The third kappa shape index (κ3) is 6.40. The number of nitrogens with zero attached hydrogens (tertiary/aromatic N) is 1. The number of esters is 1. The molecule has 7 heteroatoms. The number of amides is 3. The molecule has 0 spiro atoms. The van der Waals surface area contributed by atoms with Crippen LogP contribution in [-0.4, -0.2) is 48.5 Å². The molecule has 20 heavy (non-hydrogen) atoms. The van der Waals surface area contributed by atoms with Crippen molar-refractivity contribution >= 4 is 17.9 Å². The average Bonchev–Trinajstić information content (AvgIpc) is 2.34. The number of primary amides is 1. The zero-order chi connectivity index (χ0) is 15.7. The van der Waals surface area contributed by atoms with Crippen molar-refractivity contribution in [2.75, 3.05) is 19.7 Å². The van der Waals surface area contributed by atoms with Crippen LogP contribution in [0, 0.1) is 5.92 Å². The van der Waals surface area contributed by atoms with Gasteiger partial charge < -0.3 is 20.7 Å². The van der Waals surface area contributed by atoms with Crippen LogP contribution in [0.1, 0.15) is 34.1 Å². The van der Waals surface area contributed by atoms with Gasteiger partial charge in [0.05, 0.1) is 6.61 Å². The Labute approximate surface area is 119 Å². The Morgan fingerprint density at radius 1 is 1.25 bits per heavy atom. The first-order valence-electron chi connectivity index (χ1n) is 6.83. The van der Waals surface area contributed by atoms with Gasteiger partial charge in [0.25, 0.3) is 0 Å². The van der Waals surface area contributed by atoms with Crippen molar-refractivity contribution in [1.82, 2.24) is 10.2 Å². The molecule has 0 aliphatic carbocycles. The number of hydrogen-bond donors (Lipinski definition) is 2. The Morgan fingerprint density at radius 3 is 2.25 bits per heavy atom. The number of urea groups is 1. The molecule has 1 atom stereocenters. The smallest absolute Gasteiger partial charge is 0.325 e. The minimum absolute atomic E-state index is 0.121. The van der Waals surface area contributed by atoms with Gasteiger partial charge in [0.2, 0.25) is 5.91 Å². The third-order valence-electron chi connectivity index (χ3n) is 2.66. The first kappa shape index (κ1) is 18.2. The molecule has 0 heterocycles. The molecule has 0 rings (SSSR count). The maximum absolute atomic E-state index is 12.4. The lowest BCUT2D eigenvalue weighted by atomic mass is 10.0. The quantitative estimate of drug-likeness (QED) is 0.634. The monoisotopic (exact) mass is 287 g/mol. The van der Waals surface area contributed by atoms with Gasteiger partial charge in [-0.2, -0.15) is 0 Å². The molecule has 7 nitrogen and oxygen atoms in total. The second kappa shape index (κ2) is 9.17. The summed E-state index contributed by atoms with van der Waals surface area (Å²) in [4.78, 5) is 36.3. The molecule has 3 N–H and O–H groups in total. The molecular formula is C13H25N3O4. The van der Waals surface area contributed by atoms with E-state index in [0.29, 0.717) is 13.0 Å². The molecule has 3 amide bonds. The maximum Gasteiger partial charge on any atom is 0.325 e. The summed E-state index contributed by atoms with van der Waals surface area (Å²) in [5.41, 5.74) is 5.08. The summed E-state index contributed by atoms with van der Waals surface area (Å²) in [6.45, 7) is 7.76. The predicted molar refractivity (Wildman–Crippen MR) is 74.8 cm³/mol. The summed E-state index contributed by atoms with van der Waals surface area (Å²) in [6, 6.07) is -1.50. The average molecular weight is 287 g/mol. The minimum atomic E-state index is -0.760. The van der Waals surface area contributed by atoms with E-state index >= 15 is 0 Å². The molecule has 0 bridgehead atoms. The number of carbonyl (C=O) groups excluding carboxylic acids is 3. The van der Waals surface area contributed by atoms with Crippen molar-refractivity contribution in [2.45, 2.75) is 40.2 Å². The molecule has 0 radical (unpaired) electrons. The van der Waals surface area contributed by atoms with Crippen LogP contribution in [0.5, 0.6) is 0 Å². The number of hydrogen-bond acceptors (Lipinski definition) is 4. The van der Waals surface area contributed by atoms with Gasteiger partial charge in [-0.05, 0) is 19.3 Å². The zero-order valence-corrected chi connectivity index (χ0v) is 12.6. The first-order chi connectivity index (χ1) is 9.33. The topological polar surface area (TPSA) is 102 Å². The molecule has 116 valence electrons. The van der Waals surface area contributed by atoms with E-state index in [1.807, 2.05) is 6.92 Å². The Balaban J connectivity index is 4.89. The van der Waals surface area contributed by atoms with Crippen LogP contribution in [0.2, 0.25) is 0 Å². The molecular weight excluding hydrogens is 262 g/mol. The largest absolute Gasteiger partial charge is 0.465 e. The highest BCUT2D eigenvalue weighted by molar-refractivity contribution is 5.89. The number of nitrogens with two attached hydrogens (primary N) is 1. The third-order valence-corrected chi connectivity index (χ3v) is 2.66. The number of ether oxygens (including phenoxy) is 1. The summed E-state index contributed by atoms with van der Waals surface area (Å²) in [5, 5.41) is 2.42. The molecule has 0 aromatic rings. The Hall–Kier alpha value is -1.79. The lowest BCUT2D eigenvalue weighted by Crippen LogP contribution is -2.53. The highest BCUT2D eigenvalue weighted by atomic mass is 16.5. The Kier molecular flexibility index (Phi) is 8.35. The van der Waals surface area contributed by atoms with Crippen LogP contribution in [-0.2, 0) is 14.3 Å². The number of rotatable bonds is 8. The van der Waals surface area contributed by atoms with Crippen LogP contribution in [0.15, 0.2) is 0 Å². The SMILES string of the molecule is CCCN(CC(=O)OCC)C(=O)C(NC(N)=O)C(C)C. The van der Waals surface area contributed by atoms with Crippen molar-refractivity contribution in [1.29, 1.82) is 0 Å². The van der Waals surface area contributed by atoms with E-state index < -0.39 is 18.0 Å². The molecule has 0 aromatic carbocycles. The molecule has 0 aromatic heterocycles. The fraction of sp³-hybridized carbons (Fsp3) is 0.769. The Morgan fingerprint density at radius 2 is 1.85 bits per heavy atom. The highest BCUT2D eigenvalue weighted by Gasteiger charge is 2.29. The molecule has 0 aliphatic heterocycles. The minimum Gasteiger partial charge on any atom is -0.465 e. The molecule has 1 unspecified atom stereocenters. The van der Waals surface area contributed by atoms with E-state index in [4.69, 9.17) is 10.5 Å². The summed E-state index contributed by atoms with van der Waals surface area (Å²) in [7, 11) is 0. The van der Waals surface area contributed by atoms with E-state index in [2.05, 4.69) is 5.32 Å². The second-order valence-electron chi connectivity index (χ2n) is 4.80. The van der Waals surface area contributed by atoms with E-state index in [9.17, 15) is 14.4 Å². The van der Waals surface area contributed by atoms with Crippen molar-refractivity contribution in [3.05, 3.63) is 0 Å². The standard InChI is InChI=1S/C13H25N3O4/c1-5-7-16(8-10(17)20-6-2)12(18)11(9(3)4)15-13(14)19/h9,11H,5-8H2,1-4H3,(H3,14,15,19). The van der Waals surface area contributed by atoms with Gasteiger partial charge in [-0.25, -0.2) is 4.79 Å².